The van der Waals surface area contributed by atoms with E-state index in [0.29, 0.717) is 25.0 Å². The fourth-order valence-corrected chi connectivity index (χ4v) is 2.78. The second kappa shape index (κ2) is 10.9. The minimum absolute atomic E-state index is 0.207. The quantitative estimate of drug-likeness (QED) is 0.530. The molecular weight excluding hydrogens is 360 g/mol. The molecule has 0 saturated heterocycles. The number of esters is 1. The van der Waals surface area contributed by atoms with E-state index in [1.165, 1.54) is 13.4 Å². The zero-order valence-corrected chi connectivity index (χ0v) is 16.1. The van der Waals surface area contributed by atoms with Crippen LogP contribution in [0.2, 0.25) is 0 Å². The van der Waals surface area contributed by atoms with Gasteiger partial charge in [-0.05, 0) is 12.0 Å². The molecule has 0 aliphatic heterocycles. The van der Waals surface area contributed by atoms with E-state index in [1.54, 1.807) is 6.20 Å². The topological polar surface area (TPSA) is 113 Å². The van der Waals surface area contributed by atoms with Crippen molar-refractivity contribution in [1.29, 1.82) is 0 Å². The maximum absolute atomic E-state index is 12.9. The van der Waals surface area contributed by atoms with Crippen molar-refractivity contribution >= 4 is 17.8 Å². The van der Waals surface area contributed by atoms with Crippen LogP contribution in [0, 0.1) is 0 Å². The Morgan fingerprint density at radius 2 is 1.86 bits per heavy atom. The normalized spacial score (nSPS) is 12.6. The van der Waals surface area contributed by atoms with E-state index in [9.17, 15) is 14.4 Å². The summed E-state index contributed by atoms with van der Waals surface area (Å²) in [6.45, 7) is 1.89. The van der Waals surface area contributed by atoms with Gasteiger partial charge in [-0.1, -0.05) is 37.3 Å². The molecule has 0 unspecified atom stereocenters. The highest BCUT2D eigenvalue weighted by Crippen LogP contribution is 2.06. The molecule has 0 radical (unpaired) electrons. The van der Waals surface area contributed by atoms with Crippen LogP contribution in [0.4, 0.5) is 0 Å². The van der Waals surface area contributed by atoms with Crippen molar-refractivity contribution in [3.8, 4) is 0 Å². The number of benzene rings is 1. The van der Waals surface area contributed by atoms with E-state index in [1.807, 2.05) is 37.3 Å². The average molecular weight is 386 g/mol. The molecule has 150 valence electrons. The number of hydrogen-bond donors (Lipinski definition) is 3. The Kier molecular flexibility index (Phi) is 8.20. The fourth-order valence-electron chi connectivity index (χ4n) is 2.78. The molecule has 2 amide bonds. The summed E-state index contributed by atoms with van der Waals surface area (Å²) < 4.78 is 4.80. The number of carbonyl (C=O) groups is 3. The fraction of sp³-hybridized carbons (Fsp3) is 0.400. The summed E-state index contributed by atoms with van der Waals surface area (Å²) in [4.78, 5) is 43.9. The van der Waals surface area contributed by atoms with Crippen molar-refractivity contribution in [3.05, 3.63) is 54.1 Å². The number of aromatic amines is 1. The van der Waals surface area contributed by atoms with Crippen LogP contribution in [0.3, 0.4) is 0 Å². The molecule has 0 saturated carbocycles. The number of hydrogen-bond acceptors (Lipinski definition) is 5. The number of H-pyrrole nitrogens is 1. The lowest BCUT2D eigenvalue weighted by atomic mass is 10.0. The zero-order chi connectivity index (χ0) is 20.4. The lowest BCUT2D eigenvalue weighted by molar-refractivity contribution is -0.145. The third-order valence-electron chi connectivity index (χ3n) is 4.19. The van der Waals surface area contributed by atoms with Gasteiger partial charge in [0, 0.05) is 31.2 Å². The highest BCUT2D eigenvalue weighted by atomic mass is 16.5. The molecule has 2 rings (SSSR count). The van der Waals surface area contributed by atoms with Gasteiger partial charge in [0.1, 0.15) is 12.1 Å². The monoisotopic (exact) mass is 386 g/mol. The van der Waals surface area contributed by atoms with Crippen molar-refractivity contribution in [2.75, 3.05) is 7.11 Å². The molecule has 8 nitrogen and oxygen atoms in total. The van der Waals surface area contributed by atoms with Gasteiger partial charge in [-0.2, -0.15) is 0 Å². The van der Waals surface area contributed by atoms with Crippen molar-refractivity contribution in [3.63, 3.8) is 0 Å². The molecule has 0 spiro atoms. The number of aromatic nitrogens is 2. The summed E-state index contributed by atoms with van der Waals surface area (Å²) >= 11 is 0. The lowest BCUT2D eigenvalue weighted by Crippen LogP contribution is -2.53. The minimum atomic E-state index is -0.890. The van der Waals surface area contributed by atoms with E-state index in [-0.39, 0.29) is 12.3 Å². The van der Waals surface area contributed by atoms with E-state index in [4.69, 9.17) is 4.74 Å². The highest BCUT2D eigenvalue weighted by molar-refractivity contribution is 5.91. The van der Waals surface area contributed by atoms with Gasteiger partial charge < -0.3 is 20.4 Å². The maximum atomic E-state index is 12.9. The molecule has 0 bridgehead atoms. The van der Waals surface area contributed by atoms with Crippen LogP contribution in [0.1, 0.15) is 31.0 Å². The predicted molar refractivity (Wildman–Crippen MR) is 103 cm³/mol. The molecule has 3 N–H and O–H groups in total. The molecule has 0 fully saturated rings. The third-order valence-corrected chi connectivity index (χ3v) is 4.19. The van der Waals surface area contributed by atoms with Crippen molar-refractivity contribution in [2.45, 2.75) is 44.7 Å². The van der Waals surface area contributed by atoms with Gasteiger partial charge in [-0.25, -0.2) is 9.78 Å². The van der Waals surface area contributed by atoms with E-state index < -0.39 is 24.0 Å². The van der Waals surface area contributed by atoms with Crippen LogP contribution in [0.25, 0.3) is 0 Å². The first-order chi connectivity index (χ1) is 13.5. The number of carbonyl (C=O) groups excluding carboxylic acids is 3. The Balaban J connectivity index is 2.13. The van der Waals surface area contributed by atoms with Crippen LogP contribution in [0.15, 0.2) is 42.9 Å². The summed E-state index contributed by atoms with van der Waals surface area (Å²) in [5.41, 5.74) is 1.59. The first-order valence-corrected chi connectivity index (χ1v) is 9.22. The Morgan fingerprint density at radius 1 is 1.11 bits per heavy atom. The maximum Gasteiger partial charge on any atom is 0.328 e. The number of ether oxygens (including phenoxy) is 1. The van der Waals surface area contributed by atoms with E-state index >= 15 is 0 Å². The summed E-state index contributed by atoms with van der Waals surface area (Å²) in [7, 11) is 1.26. The highest BCUT2D eigenvalue weighted by Gasteiger charge is 2.28. The molecule has 0 aliphatic rings. The van der Waals surface area contributed by atoms with Crippen molar-refractivity contribution in [2.24, 2.45) is 0 Å². The van der Waals surface area contributed by atoms with Gasteiger partial charge in [-0.15, -0.1) is 0 Å². The van der Waals surface area contributed by atoms with Gasteiger partial charge >= 0.3 is 5.97 Å². The molecule has 1 heterocycles. The Morgan fingerprint density at radius 3 is 2.46 bits per heavy atom. The first kappa shape index (κ1) is 21.1. The minimum Gasteiger partial charge on any atom is -0.467 e. The van der Waals surface area contributed by atoms with Crippen molar-refractivity contribution < 1.29 is 19.1 Å². The smallest absolute Gasteiger partial charge is 0.328 e. The number of imidazole rings is 1. The van der Waals surface area contributed by atoms with E-state index in [2.05, 4.69) is 20.6 Å². The molecule has 0 aliphatic carbocycles. The Bertz CT molecular complexity index is 762. The average Bonchev–Trinajstić information content (AvgIpc) is 3.20. The number of methoxy groups -OCH3 is 1. The molecule has 8 heteroatoms. The second-order valence-corrected chi connectivity index (χ2v) is 6.43. The standard InChI is InChI=1S/C20H26N4O4/c1-3-7-18(25)23-16(10-14-8-5-4-6-9-14)19(26)24-17(20(27)28-2)11-15-12-21-13-22-15/h4-6,8-9,12-13,16-17H,3,7,10-11H2,1-2H3,(H,21,22)(H,23,25)(H,24,26)/t16-,17-/m0/s1. The molecule has 2 atom stereocenters. The molecule has 2 aromatic rings. The number of amides is 2. The predicted octanol–water partition coefficient (Wildman–Crippen LogP) is 1.14. The van der Waals surface area contributed by atoms with Crippen LogP contribution in [-0.2, 0) is 32.0 Å². The van der Waals surface area contributed by atoms with Crippen LogP contribution in [0.5, 0.6) is 0 Å². The van der Waals surface area contributed by atoms with Crippen LogP contribution < -0.4 is 10.6 Å². The van der Waals surface area contributed by atoms with Crippen molar-refractivity contribution in [1.82, 2.24) is 20.6 Å². The zero-order valence-electron chi connectivity index (χ0n) is 16.1. The number of nitrogens with one attached hydrogen (secondary N) is 3. The summed E-state index contributed by atoms with van der Waals surface area (Å²) in [6.07, 6.45) is 4.60. The largest absolute Gasteiger partial charge is 0.467 e. The molecule has 1 aromatic carbocycles. The molecule has 28 heavy (non-hydrogen) atoms. The van der Waals surface area contributed by atoms with Crippen LogP contribution in [-0.4, -0.2) is 46.9 Å². The van der Waals surface area contributed by atoms with Gasteiger partial charge in [0.05, 0.1) is 13.4 Å². The van der Waals surface area contributed by atoms with E-state index in [0.717, 1.165) is 5.56 Å². The molecule has 1 aromatic heterocycles. The Labute approximate surface area is 164 Å². The van der Waals surface area contributed by atoms with Gasteiger partial charge in [0.2, 0.25) is 11.8 Å². The summed E-state index contributed by atoms with van der Waals surface area (Å²) in [6, 6.07) is 7.70. The first-order valence-electron chi connectivity index (χ1n) is 9.22. The number of nitrogens with zero attached hydrogens (tertiary/aromatic N) is 1. The lowest BCUT2D eigenvalue weighted by Gasteiger charge is -2.22. The SMILES string of the molecule is CCCC(=O)N[C@@H](Cc1ccccc1)C(=O)N[C@@H](Cc1cnc[nH]1)C(=O)OC. The molecular formula is C20H26N4O4. The summed E-state index contributed by atoms with van der Waals surface area (Å²) in [5.74, 6) is -1.22. The second-order valence-electron chi connectivity index (χ2n) is 6.43. The van der Waals surface area contributed by atoms with Gasteiger partial charge in [-0.3, -0.25) is 9.59 Å². The summed E-state index contributed by atoms with van der Waals surface area (Å²) in [5, 5.41) is 5.46. The number of rotatable bonds is 10. The Hall–Kier alpha value is -3.16. The van der Waals surface area contributed by atoms with Gasteiger partial charge in [0.25, 0.3) is 0 Å². The van der Waals surface area contributed by atoms with Gasteiger partial charge in [0.15, 0.2) is 0 Å². The third kappa shape index (κ3) is 6.53. The van der Waals surface area contributed by atoms with Crippen LogP contribution >= 0.6 is 0 Å².